The minimum atomic E-state index is -0.306. The molecule has 2 N–H and O–H groups in total. The number of amides is 3. The van der Waals surface area contributed by atoms with E-state index in [1.54, 1.807) is 30.3 Å². The van der Waals surface area contributed by atoms with Crippen molar-refractivity contribution < 1.29 is 14.4 Å². The fraction of sp³-hybridized carbons (Fsp3) is 0.167. The smallest absolute Gasteiger partial charge is 0.247 e. The molecular formula is C24H24N4O3. The summed E-state index contributed by atoms with van der Waals surface area (Å²) < 4.78 is 0. The van der Waals surface area contributed by atoms with Gasteiger partial charge in [0, 0.05) is 36.3 Å². The molecule has 0 saturated carbocycles. The second-order valence-electron chi connectivity index (χ2n) is 6.92. The van der Waals surface area contributed by atoms with Gasteiger partial charge in [0.25, 0.3) is 0 Å². The molecule has 158 valence electrons. The molecular weight excluding hydrogens is 392 g/mol. The molecule has 3 amide bonds. The number of anilines is 2. The summed E-state index contributed by atoms with van der Waals surface area (Å²) in [4.78, 5) is 41.9. The van der Waals surface area contributed by atoms with E-state index in [4.69, 9.17) is 0 Å². The molecule has 0 fully saturated rings. The fourth-order valence-corrected chi connectivity index (χ4v) is 3.00. The number of hydrogen-bond acceptors (Lipinski definition) is 4. The summed E-state index contributed by atoms with van der Waals surface area (Å²) in [6, 6.07) is 18.3. The van der Waals surface area contributed by atoms with E-state index in [-0.39, 0.29) is 24.3 Å². The van der Waals surface area contributed by atoms with E-state index in [2.05, 4.69) is 15.6 Å². The summed E-state index contributed by atoms with van der Waals surface area (Å²) in [5.74, 6) is -0.742. The van der Waals surface area contributed by atoms with E-state index >= 15 is 0 Å². The predicted octanol–water partition coefficient (Wildman–Crippen LogP) is 3.69. The molecule has 7 nitrogen and oxygen atoms in total. The van der Waals surface area contributed by atoms with Gasteiger partial charge >= 0.3 is 0 Å². The van der Waals surface area contributed by atoms with Gasteiger partial charge in [-0.25, -0.2) is 4.98 Å². The van der Waals surface area contributed by atoms with Gasteiger partial charge in [-0.2, -0.15) is 0 Å². The third-order valence-electron chi connectivity index (χ3n) is 4.53. The standard InChI is InChI=1S/C24H24N4O3/c1-3-28(16-23(30)27-21-12-10-19(11-13-21)25-17(2)29)24(31)15-14-20-9-8-18-6-4-5-7-22(18)26-20/h4-15H,3,16H2,1-2H3,(H,25,29)(H,27,30). The van der Waals surface area contributed by atoms with Gasteiger partial charge in [0.1, 0.15) is 6.54 Å². The Labute approximate surface area is 180 Å². The highest BCUT2D eigenvalue weighted by Crippen LogP contribution is 2.14. The third kappa shape index (κ3) is 6.24. The number of para-hydroxylation sites is 1. The van der Waals surface area contributed by atoms with Crippen molar-refractivity contribution in [3.8, 4) is 0 Å². The first-order chi connectivity index (χ1) is 14.9. The van der Waals surface area contributed by atoms with Gasteiger partial charge in [0.15, 0.2) is 0 Å². The predicted molar refractivity (Wildman–Crippen MR) is 122 cm³/mol. The maximum Gasteiger partial charge on any atom is 0.247 e. The van der Waals surface area contributed by atoms with Crippen molar-refractivity contribution >= 4 is 46.1 Å². The maximum atomic E-state index is 12.5. The Bertz CT molecular complexity index is 1120. The number of likely N-dealkylation sites (N-methyl/N-ethyl adjacent to an activating group) is 1. The van der Waals surface area contributed by atoms with E-state index in [9.17, 15) is 14.4 Å². The molecule has 0 aliphatic rings. The van der Waals surface area contributed by atoms with E-state index < -0.39 is 0 Å². The quantitative estimate of drug-likeness (QED) is 0.575. The summed E-state index contributed by atoms with van der Waals surface area (Å²) in [5, 5.41) is 6.45. The zero-order valence-corrected chi connectivity index (χ0v) is 17.5. The molecule has 0 radical (unpaired) electrons. The van der Waals surface area contributed by atoms with Gasteiger partial charge in [-0.15, -0.1) is 0 Å². The lowest BCUT2D eigenvalue weighted by Gasteiger charge is -2.18. The van der Waals surface area contributed by atoms with Crippen LogP contribution < -0.4 is 10.6 Å². The van der Waals surface area contributed by atoms with Gasteiger partial charge < -0.3 is 15.5 Å². The highest BCUT2D eigenvalue weighted by molar-refractivity contribution is 5.98. The Hall–Kier alpha value is -4.00. The van der Waals surface area contributed by atoms with Crippen molar-refractivity contribution in [2.45, 2.75) is 13.8 Å². The van der Waals surface area contributed by atoms with Crippen molar-refractivity contribution in [2.24, 2.45) is 0 Å². The number of carbonyl (C=O) groups excluding carboxylic acids is 3. The normalized spacial score (nSPS) is 10.8. The lowest BCUT2D eigenvalue weighted by molar-refractivity contribution is -0.130. The van der Waals surface area contributed by atoms with Crippen LogP contribution in [0.15, 0.2) is 66.7 Å². The number of carbonyl (C=O) groups is 3. The average molecular weight is 416 g/mol. The first-order valence-corrected chi connectivity index (χ1v) is 9.95. The average Bonchev–Trinajstić information content (AvgIpc) is 2.76. The summed E-state index contributed by atoms with van der Waals surface area (Å²) in [6.45, 7) is 3.56. The minimum Gasteiger partial charge on any atom is -0.330 e. The number of nitrogens with one attached hydrogen (secondary N) is 2. The van der Waals surface area contributed by atoms with Crippen molar-refractivity contribution in [1.82, 2.24) is 9.88 Å². The summed E-state index contributed by atoms with van der Waals surface area (Å²) in [7, 11) is 0. The van der Waals surface area contributed by atoms with Crippen LogP contribution in [0.4, 0.5) is 11.4 Å². The molecule has 0 aliphatic heterocycles. The number of fused-ring (bicyclic) bond motifs is 1. The van der Waals surface area contributed by atoms with Crippen molar-refractivity contribution in [2.75, 3.05) is 23.7 Å². The molecule has 2 aromatic carbocycles. The van der Waals surface area contributed by atoms with Gasteiger partial charge in [-0.05, 0) is 49.4 Å². The zero-order chi connectivity index (χ0) is 22.2. The van der Waals surface area contributed by atoms with E-state index in [1.165, 1.54) is 17.9 Å². The van der Waals surface area contributed by atoms with Crippen LogP contribution in [0.3, 0.4) is 0 Å². The number of nitrogens with zero attached hydrogens (tertiary/aromatic N) is 2. The van der Waals surface area contributed by atoms with Crippen molar-refractivity contribution in [3.05, 3.63) is 72.4 Å². The zero-order valence-electron chi connectivity index (χ0n) is 17.5. The monoisotopic (exact) mass is 416 g/mol. The minimum absolute atomic E-state index is 0.0712. The summed E-state index contributed by atoms with van der Waals surface area (Å²) in [6.07, 6.45) is 3.08. The number of pyridine rings is 1. The summed E-state index contributed by atoms with van der Waals surface area (Å²) >= 11 is 0. The number of benzene rings is 2. The van der Waals surface area contributed by atoms with Crippen LogP contribution in [0.5, 0.6) is 0 Å². The van der Waals surface area contributed by atoms with Crippen molar-refractivity contribution in [1.29, 1.82) is 0 Å². The third-order valence-corrected chi connectivity index (χ3v) is 4.53. The lowest BCUT2D eigenvalue weighted by Crippen LogP contribution is -2.36. The Morgan fingerprint density at radius 3 is 2.29 bits per heavy atom. The van der Waals surface area contributed by atoms with Crippen LogP contribution in [0.25, 0.3) is 17.0 Å². The van der Waals surface area contributed by atoms with E-state index in [0.29, 0.717) is 23.6 Å². The molecule has 0 spiro atoms. The fourth-order valence-electron chi connectivity index (χ4n) is 3.00. The van der Waals surface area contributed by atoms with Crippen LogP contribution in [0.1, 0.15) is 19.5 Å². The first kappa shape index (κ1) is 21.7. The molecule has 3 aromatic rings. The van der Waals surface area contributed by atoms with Gasteiger partial charge in [0.05, 0.1) is 11.2 Å². The SMILES string of the molecule is CCN(CC(=O)Nc1ccc(NC(C)=O)cc1)C(=O)C=Cc1ccc2ccccc2n1. The molecule has 0 bridgehead atoms. The topological polar surface area (TPSA) is 91.4 Å². The second-order valence-corrected chi connectivity index (χ2v) is 6.92. The Kier molecular flexibility index (Phi) is 7.11. The van der Waals surface area contributed by atoms with Gasteiger partial charge in [0.2, 0.25) is 17.7 Å². The van der Waals surface area contributed by atoms with Crippen LogP contribution >= 0.6 is 0 Å². The van der Waals surface area contributed by atoms with Gasteiger partial charge in [-0.3, -0.25) is 14.4 Å². The van der Waals surface area contributed by atoms with E-state index in [1.807, 2.05) is 43.3 Å². The molecule has 1 heterocycles. The Morgan fingerprint density at radius 2 is 1.61 bits per heavy atom. The first-order valence-electron chi connectivity index (χ1n) is 9.95. The highest BCUT2D eigenvalue weighted by atomic mass is 16.2. The number of rotatable bonds is 7. The highest BCUT2D eigenvalue weighted by Gasteiger charge is 2.13. The molecule has 7 heteroatoms. The van der Waals surface area contributed by atoms with Crippen molar-refractivity contribution in [3.63, 3.8) is 0 Å². The molecule has 1 aromatic heterocycles. The molecule has 0 unspecified atom stereocenters. The molecule has 0 saturated heterocycles. The Balaban J connectivity index is 1.58. The van der Waals surface area contributed by atoms with E-state index in [0.717, 1.165) is 10.9 Å². The molecule has 0 atom stereocenters. The molecule has 31 heavy (non-hydrogen) atoms. The van der Waals surface area contributed by atoms with Crippen LogP contribution in [0, 0.1) is 0 Å². The largest absolute Gasteiger partial charge is 0.330 e. The molecule has 3 rings (SSSR count). The lowest BCUT2D eigenvalue weighted by atomic mass is 10.2. The van der Waals surface area contributed by atoms with Gasteiger partial charge in [-0.1, -0.05) is 24.3 Å². The number of hydrogen-bond donors (Lipinski definition) is 2. The molecule has 0 aliphatic carbocycles. The summed E-state index contributed by atoms with van der Waals surface area (Å²) in [5.41, 5.74) is 2.75. The van der Waals surface area contributed by atoms with Crippen LogP contribution in [-0.4, -0.2) is 40.7 Å². The maximum absolute atomic E-state index is 12.5. The van der Waals surface area contributed by atoms with Crippen LogP contribution in [0.2, 0.25) is 0 Å². The second kappa shape index (κ2) is 10.2. The Morgan fingerprint density at radius 1 is 0.935 bits per heavy atom. The number of aromatic nitrogens is 1. The van der Waals surface area contributed by atoms with Crippen LogP contribution in [-0.2, 0) is 14.4 Å².